The van der Waals surface area contributed by atoms with Crippen LogP contribution in [0.25, 0.3) is 10.9 Å². The van der Waals surface area contributed by atoms with E-state index in [0.717, 1.165) is 12.2 Å². The molecule has 3 heteroatoms. The molecule has 0 aliphatic rings. The van der Waals surface area contributed by atoms with Gasteiger partial charge in [0, 0.05) is 24.1 Å². The first-order valence-electron chi connectivity index (χ1n) is 6.67. The SMILES string of the molecule is CC.CCOc1ccc2c(c1)c(CCN)cn2C. The lowest BCUT2D eigenvalue weighted by atomic mass is 10.1. The number of rotatable bonds is 4. The van der Waals surface area contributed by atoms with Crippen molar-refractivity contribution in [3.63, 3.8) is 0 Å². The summed E-state index contributed by atoms with van der Waals surface area (Å²) in [6.07, 6.45) is 3.06. The van der Waals surface area contributed by atoms with Crippen molar-refractivity contribution in [3.05, 3.63) is 30.0 Å². The van der Waals surface area contributed by atoms with Gasteiger partial charge in [-0.3, -0.25) is 0 Å². The van der Waals surface area contributed by atoms with E-state index in [4.69, 9.17) is 10.5 Å². The van der Waals surface area contributed by atoms with E-state index in [1.807, 2.05) is 26.8 Å². The molecule has 0 unspecified atom stereocenters. The van der Waals surface area contributed by atoms with Gasteiger partial charge in [-0.1, -0.05) is 13.8 Å². The third-order valence-electron chi connectivity index (χ3n) is 2.77. The topological polar surface area (TPSA) is 40.2 Å². The molecule has 0 spiro atoms. The number of ether oxygens (including phenoxy) is 1. The Hall–Kier alpha value is -1.48. The number of fused-ring (bicyclic) bond motifs is 1. The molecule has 2 rings (SSSR count). The largest absolute Gasteiger partial charge is 0.494 e. The van der Waals surface area contributed by atoms with Crippen molar-refractivity contribution in [1.82, 2.24) is 4.57 Å². The van der Waals surface area contributed by atoms with E-state index < -0.39 is 0 Å². The lowest BCUT2D eigenvalue weighted by Crippen LogP contribution is -2.02. The number of aromatic nitrogens is 1. The molecule has 0 radical (unpaired) electrons. The predicted molar refractivity (Wildman–Crippen MR) is 78.2 cm³/mol. The standard InChI is InChI=1S/C13H18N2O.C2H6/c1-3-16-11-4-5-13-12(8-11)10(6-7-14)9-15(13)2;1-2/h4-5,8-9H,3,6-7,14H2,1-2H3;1-2H3. The van der Waals surface area contributed by atoms with Crippen LogP contribution < -0.4 is 10.5 Å². The predicted octanol–water partition coefficient (Wildman–Crippen LogP) is 3.10. The van der Waals surface area contributed by atoms with E-state index in [1.54, 1.807) is 0 Å². The van der Waals surface area contributed by atoms with Crippen LogP contribution in [0.1, 0.15) is 26.3 Å². The van der Waals surface area contributed by atoms with Gasteiger partial charge < -0.3 is 15.0 Å². The zero-order valence-electron chi connectivity index (χ0n) is 11.9. The highest BCUT2D eigenvalue weighted by atomic mass is 16.5. The highest BCUT2D eigenvalue weighted by Gasteiger charge is 2.06. The lowest BCUT2D eigenvalue weighted by Gasteiger charge is -2.04. The van der Waals surface area contributed by atoms with Crippen LogP contribution in [0.2, 0.25) is 0 Å². The highest BCUT2D eigenvalue weighted by molar-refractivity contribution is 5.85. The molecule has 18 heavy (non-hydrogen) atoms. The molecule has 1 heterocycles. The summed E-state index contributed by atoms with van der Waals surface area (Å²) in [6.45, 7) is 7.37. The summed E-state index contributed by atoms with van der Waals surface area (Å²) in [5, 5.41) is 1.25. The molecule has 1 aromatic carbocycles. The molecular weight excluding hydrogens is 224 g/mol. The molecule has 1 aromatic heterocycles. The normalized spacial score (nSPS) is 10.1. The summed E-state index contributed by atoms with van der Waals surface area (Å²) in [5.74, 6) is 0.930. The minimum Gasteiger partial charge on any atom is -0.494 e. The third-order valence-corrected chi connectivity index (χ3v) is 2.77. The molecule has 0 aliphatic carbocycles. The summed E-state index contributed by atoms with van der Waals surface area (Å²) in [5.41, 5.74) is 8.14. The number of benzene rings is 1. The van der Waals surface area contributed by atoms with E-state index >= 15 is 0 Å². The van der Waals surface area contributed by atoms with E-state index in [9.17, 15) is 0 Å². The Balaban J connectivity index is 0.000000771. The van der Waals surface area contributed by atoms with E-state index in [-0.39, 0.29) is 0 Å². The Morgan fingerprint density at radius 3 is 2.61 bits per heavy atom. The molecule has 2 aromatic rings. The second-order valence-corrected chi connectivity index (χ2v) is 3.92. The Bertz CT molecular complexity index is 488. The molecule has 0 saturated carbocycles. The van der Waals surface area contributed by atoms with Crippen molar-refractivity contribution in [2.75, 3.05) is 13.2 Å². The second kappa shape index (κ2) is 7.07. The van der Waals surface area contributed by atoms with Crippen molar-refractivity contribution in [1.29, 1.82) is 0 Å². The summed E-state index contributed by atoms with van der Waals surface area (Å²) in [4.78, 5) is 0. The first-order chi connectivity index (χ1) is 8.76. The molecule has 100 valence electrons. The maximum absolute atomic E-state index is 5.62. The fraction of sp³-hybridized carbons (Fsp3) is 0.467. The average molecular weight is 248 g/mol. The highest BCUT2D eigenvalue weighted by Crippen LogP contribution is 2.25. The fourth-order valence-electron chi connectivity index (χ4n) is 2.06. The molecule has 0 aliphatic heterocycles. The van der Waals surface area contributed by atoms with E-state index in [0.29, 0.717) is 13.2 Å². The summed E-state index contributed by atoms with van der Waals surface area (Å²) in [6, 6.07) is 6.21. The molecule has 0 amide bonds. The number of nitrogens with zero attached hydrogens (tertiary/aromatic N) is 1. The van der Waals surface area contributed by atoms with Gasteiger partial charge in [-0.05, 0) is 43.7 Å². The first-order valence-corrected chi connectivity index (χ1v) is 6.67. The van der Waals surface area contributed by atoms with Crippen molar-refractivity contribution in [2.45, 2.75) is 27.2 Å². The minimum atomic E-state index is 0.679. The van der Waals surface area contributed by atoms with Gasteiger partial charge >= 0.3 is 0 Å². The third kappa shape index (κ3) is 3.05. The van der Waals surface area contributed by atoms with Crippen molar-refractivity contribution < 1.29 is 4.74 Å². The Morgan fingerprint density at radius 2 is 2.00 bits per heavy atom. The molecule has 0 fully saturated rings. The fourth-order valence-corrected chi connectivity index (χ4v) is 2.06. The monoisotopic (exact) mass is 248 g/mol. The van der Waals surface area contributed by atoms with Crippen LogP contribution in [0.15, 0.2) is 24.4 Å². The smallest absolute Gasteiger partial charge is 0.120 e. The van der Waals surface area contributed by atoms with Crippen molar-refractivity contribution in [3.8, 4) is 5.75 Å². The Morgan fingerprint density at radius 1 is 1.28 bits per heavy atom. The maximum atomic E-state index is 5.62. The van der Waals surface area contributed by atoms with Gasteiger partial charge in [0.25, 0.3) is 0 Å². The van der Waals surface area contributed by atoms with Crippen LogP contribution in [-0.2, 0) is 13.5 Å². The molecule has 0 saturated heterocycles. The molecule has 2 N–H and O–H groups in total. The van der Waals surface area contributed by atoms with Gasteiger partial charge in [-0.15, -0.1) is 0 Å². The summed E-state index contributed by atoms with van der Waals surface area (Å²) >= 11 is 0. The van der Waals surface area contributed by atoms with Gasteiger partial charge in [-0.2, -0.15) is 0 Å². The van der Waals surface area contributed by atoms with Gasteiger partial charge in [0.05, 0.1) is 6.61 Å². The zero-order valence-corrected chi connectivity index (χ0v) is 11.9. The van der Waals surface area contributed by atoms with Gasteiger partial charge in [0.15, 0.2) is 0 Å². The van der Waals surface area contributed by atoms with Crippen LogP contribution in [0.3, 0.4) is 0 Å². The molecule has 0 atom stereocenters. The maximum Gasteiger partial charge on any atom is 0.120 e. The van der Waals surface area contributed by atoms with Crippen LogP contribution in [-0.4, -0.2) is 17.7 Å². The molecule has 0 bridgehead atoms. The van der Waals surface area contributed by atoms with Crippen LogP contribution in [0, 0.1) is 0 Å². The van der Waals surface area contributed by atoms with Gasteiger partial charge in [0.1, 0.15) is 5.75 Å². The molecule has 3 nitrogen and oxygen atoms in total. The van der Waals surface area contributed by atoms with E-state index in [2.05, 4.69) is 29.9 Å². The van der Waals surface area contributed by atoms with Crippen molar-refractivity contribution >= 4 is 10.9 Å². The first kappa shape index (κ1) is 14.6. The van der Waals surface area contributed by atoms with Crippen LogP contribution >= 0.6 is 0 Å². The quantitative estimate of drug-likeness (QED) is 0.903. The Labute approximate surface area is 110 Å². The average Bonchev–Trinajstić information content (AvgIpc) is 2.70. The lowest BCUT2D eigenvalue weighted by molar-refractivity contribution is 0.340. The van der Waals surface area contributed by atoms with Crippen LogP contribution in [0.5, 0.6) is 5.75 Å². The van der Waals surface area contributed by atoms with Gasteiger partial charge in [-0.25, -0.2) is 0 Å². The van der Waals surface area contributed by atoms with E-state index in [1.165, 1.54) is 16.5 Å². The van der Waals surface area contributed by atoms with Crippen molar-refractivity contribution in [2.24, 2.45) is 12.8 Å². The number of nitrogens with two attached hydrogens (primary N) is 1. The second-order valence-electron chi connectivity index (χ2n) is 3.92. The number of hydrogen-bond donors (Lipinski definition) is 1. The summed E-state index contributed by atoms with van der Waals surface area (Å²) < 4.78 is 7.65. The van der Waals surface area contributed by atoms with Gasteiger partial charge in [0.2, 0.25) is 0 Å². The Kier molecular flexibility index (Phi) is 5.72. The molecular formula is C15H24N2O. The number of hydrogen-bond acceptors (Lipinski definition) is 2. The summed E-state index contributed by atoms with van der Waals surface area (Å²) in [7, 11) is 2.06. The minimum absolute atomic E-state index is 0.679. The van der Waals surface area contributed by atoms with Crippen LogP contribution in [0.4, 0.5) is 0 Å². The number of aryl methyl sites for hydroxylation is 1. The zero-order chi connectivity index (χ0) is 13.5.